The Balaban J connectivity index is 0.00000240. The monoisotopic (exact) mass is 415 g/mol. The molecule has 5 nitrogen and oxygen atoms in total. The molecule has 1 amide bonds. The molecule has 0 spiro atoms. The van der Waals surface area contributed by atoms with Crippen LogP contribution in [0.1, 0.15) is 45.5 Å². The number of aromatic hydroxyl groups is 1. The quantitative estimate of drug-likeness (QED) is 0.440. The number of aryl methyl sites for hydroxylation is 1. The minimum Gasteiger partial charge on any atom is -0.507 e. The van der Waals surface area contributed by atoms with Crippen molar-refractivity contribution in [3.63, 3.8) is 0 Å². The second-order valence-corrected chi connectivity index (χ2v) is 7.69. The summed E-state index contributed by atoms with van der Waals surface area (Å²) in [6, 6.07) is 12.4. The van der Waals surface area contributed by atoms with Crippen LogP contribution in [0, 0.1) is 13.0 Å². The molecule has 0 saturated carbocycles. The number of fused-ring (bicyclic) bond motifs is 1. The van der Waals surface area contributed by atoms with Crippen LogP contribution < -0.4 is 51.4 Å². The van der Waals surface area contributed by atoms with Crippen LogP contribution in [0.15, 0.2) is 35.3 Å². The van der Waals surface area contributed by atoms with Gasteiger partial charge in [0.2, 0.25) is 0 Å². The summed E-state index contributed by atoms with van der Waals surface area (Å²) >= 11 is 0. The van der Waals surface area contributed by atoms with E-state index in [4.69, 9.17) is 0 Å². The molecule has 0 aromatic heterocycles. The zero-order valence-electron chi connectivity index (χ0n) is 17.5. The van der Waals surface area contributed by atoms with E-state index in [0.29, 0.717) is 18.7 Å². The van der Waals surface area contributed by atoms with Gasteiger partial charge in [0.25, 0.3) is 5.91 Å². The molecule has 4 rings (SSSR count). The SMILES string of the molecule is CN=C(CN1CCCC1)c1cc(C(=O)N2Cc3c[c-]ccc3C2)c(O)cc1C.[K+]. The van der Waals surface area contributed by atoms with Crippen LogP contribution in [-0.2, 0) is 13.1 Å². The van der Waals surface area contributed by atoms with Crippen molar-refractivity contribution in [2.75, 3.05) is 26.7 Å². The van der Waals surface area contributed by atoms with Gasteiger partial charge in [0.1, 0.15) is 5.75 Å². The Kier molecular flexibility index (Phi) is 7.70. The summed E-state index contributed by atoms with van der Waals surface area (Å²) in [7, 11) is 1.80. The van der Waals surface area contributed by atoms with Gasteiger partial charge in [-0.1, -0.05) is 0 Å². The summed E-state index contributed by atoms with van der Waals surface area (Å²) in [4.78, 5) is 21.8. The Morgan fingerprint density at radius 1 is 1.17 bits per heavy atom. The first kappa shape index (κ1) is 22.7. The number of phenolic OH excluding ortho intramolecular Hbond substituents is 1. The van der Waals surface area contributed by atoms with E-state index < -0.39 is 0 Å². The van der Waals surface area contributed by atoms with E-state index in [-0.39, 0.29) is 63.0 Å². The molecule has 0 unspecified atom stereocenters. The zero-order valence-corrected chi connectivity index (χ0v) is 20.7. The molecule has 2 aromatic carbocycles. The molecule has 1 saturated heterocycles. The molecule has 146 valence electrons. The van der Waals surface area contributed by atoms with E-state index in [9.17, 15) is 9.90 Å². The van der Waals surface area contributed by atoms with Crippen molar-refractivity contribution < 1.29 is 61.3 Å². The van der Waals surface area contributed by atoms with Gasteiger partial charge in [0, 0.05) is 32.2 Å². The van der Waals surface area contributed by atoms with Crippen molar-refractivity contribution in [1.82, 2.24) is 9.80 Å². The van der Waals surface area contributed by atoms with Crippen molar-refractivity contribution in [1.29, 1.82) is 0 Å². The third-order valence-corrected chi connectivity index (χ3v) is 5.79. The fourth-order valence-corrected chi connectivity index (χ4v) is 4.18. The van der Waals surface area contributed by atoms with Crippen LogP contribution in [-0.4, -0.2) is 53.2 Å². The number of benzene rings is 2. The van der Waals surface area contributed by atoms with Gasteiger partial charge in [-0.15, -0.1) is 11.1 Å². The number of carbonyl (C=O) groups is 1. The molecule has 2 aromatic rings. The second-order valence-electron chi connectivity index (χ2n) is 7.69. The van der Waals surface area contributed by atoms with Gasteiger partial charge < -0.3 is 10.0 Å². The maximum atomic E-state index is 13.2. The number of hydrogen-bond acceptors (Lipinski definition) is 4. The van der Waals surface area contributed by atoms with Gasteiger partial charge in [-0.3, -0.25) is 14.7 Å². The summed E-state index contributed by atoms with van der Waals surface area (Å²) in [5, 5.41) is 10.5. The van der Waals surface area contributed by atoms with Gasteiger partial charge in [0.15, 0.2) is 0 Å². The van der Waals surface area contributed by atoms with Crippen LogP contribution in [0.2, 0.25) is 0 Å². The van der Waals surface area contributed by atoms with Gasteiger partial charge >= 0.3 is 51.4 Å². The molecule has 29 heavy (non-hydrogen) atoms. The van der Waals surface area contributed by atoms with Gasteiger partial charge in [-0.05, 0) is 50.6 Å². The fraction of sp³-hybridized carbons (Fsp3) is 0.391. The average molecular weight is 416 g/mol. The second kappa shape index (κ2) is 9.86. The Labute approximate surface area is 215 Å². The summed E-state index contributed by atoms with van der Waals surface area (Å²) in [5.41, 5.74) is 5.46. The van der Waals surface area contributed by atoms with Gasteiger partial charge in [-0.2, -0.15) is 24.3 Å². The first-order valence-electron chi connectivity index (χ1n) is 9.86. The largest absolute Gasteiger partial charge is 1.00 e. The molecule has 2 heterocycles. The molecular weight excluding hydrogens is 389 g/mol. The molecule has 6 heteroatoms. The molecule has 1 fully saturated rings. The van der Waals surface area contributed by atoms with E-state index in [1.54, 1.807) is 18.0 Å². The van der Waals surface area contributed by atoms with E-state index in [1.807, 2.05) is 31.2 Å². The number of aliphatic imine (C=N–C) groups is 1. The summed E-state index contributed by atoms with van der Waals surface area (Å²) in [6.07, 6.45) is 2.45. The predicted octanol–water partition coefficient (Wildman–Crippen LogP) is 0.176. The van der Waals surface area contributed by atoms with E-state index >= 15 is 0 Å². The molecular formula is C23H26KN3O2. The number of carbonyl (C=O) groups excluding carboxylic acids is 1. The smallest absolute Gasteiger partial charge is 0.507 e. The van der Waals surface area contributed by atoms with Gasteiger partial charge in [0.05, 0.1) is 11.3 Å². The first-order valence-corrected chi connectivity index (χ1v) is 9.86. The topological polar surface area (TPSA) is 56.1 Å². The molecule has 0 bridgehead atoms. The zero-order chi connectivity index (χ0) is 19.7. The Morgan fingerprint density at radius 3 is 2.59 bits per heavy atom. The van der Waals surface area contributed by atoms with Gasteiger partial charge in [-0.25, -0.2) is 0 Å². The molecule has 2 aliphatic rings. The number of hydrogen-bond donors (Lipinski definition) is 1. The number of phenols is 1. The van der Waals surface area contributed by atoms with Crippen molar-refractivity contribution in [3.8, 4) is 5.75 Å². The fourth-order valence-electron chi connectivity index (χ4n) is 4.18. The maximum absolute atomic E-state index is 13.2. The Morgan fingerprint density at radius 2 is 1.90 bits per heavy atom. The van der Waals surface area contributed by atoms with Crippen LogP contribution in [0.25, 0.3) is 0 Å². The Bertz CT molecular complexity index is 911. The third-order valence-electron chi connectivity index (χ3n) is 5.79. The minimum absolute atomic E-state index is 0. The number of nitrogens with zero attached hydrogens (tertiary/aromatic N) is 3. The normalized spacial score (nSPS) is 16.6. The maximum Gasteiger partial charge on any atom is 1.00 e. The molecule has 2 aliphatic heterocycles. The standard InChI is InChI=1S/C23H26N3O2.K/c1-16-11-22(27)20(12-19(16)21(24-2)15-25-9-5-6-10-25)23(28)26-13-17-7-3-4-8-18(17)14-26;/h3,7-8,11-12,27H,5-6,9-10,13-15H2,1-2H3;/q-1;+1. The number of amides is 1. The first-order chi connectivity index (χ1) is 13.6. The summed E-state index contributed by atoms with van der Waals surface area (Å²) in [6.45, 7) is 6.03. The van der Waals surface area contributed by atoms with Crippen molar-refractivity contribution in [2.24, 2.45) is 4.99 Å². The molecule has 1 N–H and O–H groups in total. The van der Waals surface area contributed by atoms with E-state index in [2.05, 4.69) is 16.0 Å². The third kappa shape index (κ3) is 4.84. The van der Waals surface area contributed by atoms with Crippen molar-refractivity contribution in [3.05, 3.63) is 64.2 Å². The summed E-state index contributed by atoms with van der Waals surface area (Å²) < 4.78 is 0. The molecule has 0 atom stereocenters. The predicted molar refractivity (Wildman–Crippen MR) is 110 cm³/mol. The van der Waals surface area contributed by atoms with Crippen LogP contribution in [0.3, 0.4) is 0 Å². The van der Waals surface area contributed by atoms with E-state index in [1.165, 1.54) is 12.8 Å². The van der Waals surface area contributed by atoms with Crippen molar-refractivity contribution >= 4 is 11.6 Å². The van der Waals surface area contributed by atoms with Crippen LogP contribution >= 0.6 is 0 Å². The molecule has 0 radical (unpaired) electrons. The van der Waals surface area contributed by atoms with Crippen LogP contribution in [0.5, 0.6) is 5.75 Å². The minimum atomic E-state index is -0.147. The van der Waals surface area contributed by atoms with E-state index in [0.717, 1.165) is 47.6 Å². The van der Waals surface area contributed by atoms with Crippen LogP contribution in [0.4, 0.5) is 0 Å². The summed E-state index contributed by atoms with van der Waals surface area (Å²) in [5.74, 6) is -0.114. The number of likely N-dealkylation sites (tertiary alicyclic amines) is 1. The molecule has 0 aliphatic carbocycles. The average Bonchev–Trinajstić information content (AvgIpc) is 3.35. The number of rotatable bonds is 4. The van der Waals surface area contributed by atoms with Crippen molar-refractivity contribution in [2.45, 2.75) is 32.9 Å². The Hall–Kier alpha value is -1.02.